The van der Waals surface area contributed by atoms with Gasteiger partial charge in [-0.25, -0.2) is 4.79 Å². The minimum absolute atomic E-state index is 0.368. The summed E-state index contributed by atoms with van der Waals surface area (Å²) in [6.45, 7) is 0.778. The van der Waals surface area contributed by atoms with Gasteiger partial charge in [0.2, 0.25) is 0 Å². The highest BCUT2D eigenvalue weighted by Gasteiger charge is 2.25. The van der Waals surface area contributed by atoms with E-state index in [1.807, 2.05) is 0 Å². The molecule has 88 valence electrons. The number of ether oxygens (including phenoxy) is 1. The molecule has 0 heterocycles. The number of aliphatic hydroxyl groups excluding tert-OH is 2. The van der Waals surface area contributed by atoms with E-state index >= 15 is 0 Å². The average molecular weight is 225 g/mol. The maximum atomic E-state index is 11.4. The van der Waals surface area contributed by atoms with E-state index < -0.39 is 11.6 Å². The molecular weight excluding hydrogens is 210 g/mol. The molecule has 0 aliphatic heterocycles. The summed E-state index contributed by atoms with van der Waals surface area (Å²) in [7, 11) is 0. The summed E-state index contributed by atoms with van der Waals surface area (Å²) in [5, 5.41) is 20.3. The number of hydrogen-bond acceptors (Lipinski definition) is 4. The SMILES string of the molecule is CC(CO)(CO)NC(=O)Oc1ccccc1. The van der Waals surface area contributed by atoms with Crippen LogP contribution < -0.4 is 10.1 Å². The van der Waals surface area contributed by atoms with Crippen molar-refractivity contribution in [2.75, 3.05) is 13.2 Å². The fraction of sp³-hybridized carbons (Fsp3) is 0.364. The molecule has 0 radical (unpaired) electrons. The Morgan fingerprint density at radius 2 is 1.88 bits per heavy atom. The summed E-state index contributed by atoms with van der Waals surface area (Å²) in [5.41, 5.74) is -1.08. The molecule has 0 saturated carbocycles. The summed E-state index contributed by atoms with van der Waals surface area (Å²) in [6, 6.07) is 8.54. The van der Waals surface area contributed by atoms with Crippen LogP contribution in [0.2, 0.25) is 0 Å². The van der Waals surface area contributed by atoms with Crippen LogP contribution in [0.25, 0.3) is 0 Å². The van der Waals surface area contributed by atoms with Crippen LogP contribution in [0.15, 0.2) is 30.3 Å². The summed E-state index contributed by atoms with van der Waals surface area (Å²) >= 11 is 0. The van der Waals surface area contributed by atoms with Crippen LogP contribution in [0.4, 0.5) is 4.79 Å². The highest BCUT2D eigenvalue weighted by Crippen LogP contribution is 2.09. The van der Waals surface area contributed by atoms with Crippen molar-refractivity contribution in [2.24, 2.45) is 0 Å². The third kappa shape index (κ3) is 3.52. The van der Waals surface area contributed by atoms with E-state index in [0.717, 1.165) is 0 Å². The van der Waals surface area contributed by atoms with Gasteiger partial charge in [-0.2, -0.15) is 0 Å². The van der Waals surface area contributed by atoms with E-state index in [1.165, 1.54) is 6.92 Å². The van der Waals surface area contributed by atoms with Crippen molar-refractivity contribution in [3.63, 3.8) is 0 Å². The minimum Gasteiger partial charge on any atom is -0.410 e. The van der Waals surface area contributed by atoms with Gasteiger partial charge in [0, 0.05) is 0 Å². The van der Waals surface area contributed by atoms with Crippen LogP contribution in [0.3, 0.4) is 0 Å². The number of para-hydroxylation sites is 1. The number of carbonyl (C=O) groups is 1. The molecule has 0 saturated heterocycles. The lowest BCUT2D eigenvalue weighted by atomic mass is 10.1. The lowest BCUT2D eigenvalue weighted by molar-refractivity contribution is 0.0998. The van der Waals surface area contributed by atoms with Crippen molar-refractivity contribution in [2.45, 2.75) is 12.5 Å². The van der Waals surface area contributed by atoms with Gasteiger partial charge in [0.1, 0.15) is 5.75 Å². The second kappa shape index (κ2) is 5.48. The van der Waals surface area contributed by atoms with E-state index in [9.17, 15) is 4.79 Å². The number of amides is 1. The zero-order valence-electron chi connectivity index (χ0n) is 9.01. The van der Waals surface area contributed by atoms with Crippen LogP contribution in [-0.2, 0) is 0 Å². The van der Waals surface area contributed by atoms with Crippen molar-refractivity contribution in [3.8, 4) is 5.75 Å². The maximum absolute atomic E-state index is 11.4. The van der Waals surface area contributed by atoms with Gasteiger partial charge in [-0.05, 0) is 19.1 Å². The summed E-state index contributed by atoms with van der Waals surface area (Å²) in [6.07, 6.45) is -0.711. The van der Waals surface area contributed by atoms with Crippen LogP contribution >= 0.6 is 0 Å². The molecule has 0 aliphatic carbocycles. The van der Waals surface area contributed by atoms with Crippen molar-refractivity contribution >= 4 is 6.09 Å². The normalized spacial score (nSPS) is 10.9. The Morgan fingerprint density at radius 3 is 2.38 bits per heavy atom. The maximum Gasteiger partial charge on any atom is 0.413 e. The van der Waals surface area contributed by atoms with Gasteiger partial charge >= 0.3 is 6.09 Å². The Labute approximate surface area is 93.7 Å². The Bertz CT molecular complexity index is 335. The van der Waals surface area contributed by atoms with Gasteiger partial charge in [-0.1, -0.05) is 18.2 Å². The standard InChI is InChI=1S/C11H15NO4/c1-11(7-13,8-14)12-10(15)16-9-5-3-2-4-6-9/h2-6,13-14H,7-8H2,1H3,(H,12,15). The van der Waals surface area contributed by atoms with E-state index in [4.69, 9.17) is 14.9 Å². The molecule has 0 atom stereocenters. The van der Waals surface area contributed by atoms with Crippen molar-refractivity contribution in [1.82, 2.24) is 5.32 Å². The van der Waals surface area contributed by atoms with Crippen LogP contribution in [0, 0.1) is 0 Å². The molecule has 0 aromatic heterocycles. The lowest BCUT2D eigenvalue weighted by Crippen LogP contribution is -2.52. The number of aliphatic hydroxyl groups is 2. The molecule has 1 amide bonds. The van der Waals surface area contributed by atoms with Crippen molar-refractivity contribution in [1.29, 1.82) is 0 Å². The Balaban J connectivity index is 2.54. The highest BCUT2D eigenvalue weighted by atomic mass is 16.6. The van der Waals surface area contributed by atoms with Gasteiger partial charge in [0.05, 0.1) is 18.8 Å². The third-order valence-electron chi connectivity index (χ3n) is 2.06. The van der Waals surface area contributed by atoms with Crippen LogP contribution in [0.5, 0.6) is 5.75 Å². The molecule has 3 N–H and O–H groups in total. The molecule has 5 heteroatoms. The second-order valence-electron chi connectivity index (χ2n) is 3.70. The fourth-order valence-corrected chi connectivity index (χ4v) is 0.997. The number of rotatable bonds is 4. The predicted octanol–water partition coefficient (Wildman–Crippen LogP) is 0.518. The second-order valence-corrected chi connectivity index (χ2v) is 3.70. The van der Waals surface area contributed by atoms with Gasteiger partial charge in [-0.3, -0.25) is 0 Å². The Kier molecular flexibility index (Phi) is 4.28. The van der Waals surface area contributed by atoms with E-state index in [-0.39, 0.29) is 13.2 Å². The van der Waals surface area contributed by atoms with Crippen LogP contribution in [-0.4, -0.2) is 35.1 Å². The Hall–Kier alpha value is -1.59. The molecule has 0 unspecified atom stereocenters. The number of carbonyl (C=O) groups excluding carboxylic acids is 1. The molecular formula is C11H15NO4. The van der Waals surface area contributed by atoms with Gasteiger partial charge in [0.25, 0.3) is 0 Å². The van der Waals surface area contributed by atoms with Gasteiger partial charge in [-0.15, -0.1) is 0 Å². The van der Waals surface area contributed by atoms with Crippen LogP contribution in [0.1, 0.15) is 6.92 Å². The Morgan fingerprint density at radius 1 is 1.31 bits per heavy atom. The molecule has 1 aromatic rings. The molecule has 0 aliphatic rings. The van der Waals surface area contributed by atoms with E-state index in [1.54, 1.807) is 30.3 Å². The minimum atomic E-state index is -1.08. The first-order valence-corrected chi connectivity index (χ1v) is 4.86. The monoisotopic (exact) mass is 225 g/mol. The average Bonchev–Trinajstić information content (AvgIpc) is 2.30. The zero-order valence-corrected chi connectivity index (χ0v) is 9.01. The van der Waals surface area contributed by atoms with Crippen molar-refractivity contribution < 1.29 is 19.7 Å². The molecule has 0 bridgehead atoms. The molecule has 1 aromatic carbocycles. The third-order valence-corrected chi connectivity index (χ3v) is 2.06. The molecule has 5 nitrogen and oxygen atoms in total. The molecule has 16 heavy (non-hydrogen) atoms. The summed E-state index contributed by atoms with van der Waals surface area (Å²) < 4.78 is 4.94. The quantitative estimate of drug-likeness (QED) is 0.698. The smallest absolute Gasteiger partial charge is 0.410 e. The molecule has 0 spiro atoms. The molecule has 0 fully saturated rings. The number of hydrogen-bond donors (Lipinski definition) is 3. The number of nitrogens with one attached hydrogen (secondary N) is 1. The summed E-state index contributed by atoms with van der Waals surface area (Å²) in [4.78, 5) is 11.4. The van der Waals surface area contributed by atoms with E-state index in [0.29, 0.717) is 5.75 Å². The zero-order chi connectivity index (χ0) is 12.0. The van der Waals surface area contributed by atoms with Gasteiger partial charge in [0.15, 0.2) is 0 Å². The molecule has 1 rings (SSSR count). The van der Waals surface area contributed by atoms with E-state index in [2.05, 4.69) is 5.32 Å². The lowest BCUT2D eigenvalue weighted by Gasteiger charge is -2.25. The topological polar surface area (TPSA) is 78.8 Å². The van der Waals surface area contributed by atoms with Crippen molar-refractivity contribution in [3.05, 3.63) is 30.3 Å². The summed E-state index contributed by atoms with van der Waals surface area (Å²) in [5.74, 6) is 0.401. The largest absolute Gasteiger partial charge is 0.413 e. The fourth-order valence-electron chi connectivity index (χ4n) is 0.997. The highest BCUT2D eigenvalue weighted by molar-refractivity contribution is 5.71. The predicted molar refractivity (Wildman–Crippen MR) is 58.2 cm³/mol. The first kappa shape index (κ1) is 12.5. The van der Waals surface area contributed by atoms with Gasteiger partial charge < -0.3 is 20.3 Å². The first-order valence-electron chi connectivity index (χ1n) is 4.86. The number of benzene rings is 1. The first-order chi connectivity index (χ1) is 7.59.